The van der Waals surface area contributed by atoms with Crippen LogP contribution in [0.25, 0.3) is 0 Å². The Balaban J connectivity index is 1.96. The molecule has 0 saturated heterocycles. The third-order valence-electron chi connectivity index (χ3n) is 4.24. The van der Waals surface area contributed by atoms with E-state index >= 15 is 0 Å². The lowest BCUT2D eigenvalue weighted by atomic mass is 9.89. The van der Waals surface area contributed by atoms with Gasteiger partial charge in [-0.25, -0.2) is 4.99 Å². The third kappa shape index (κ3) is 0.423. The highest BCUT2D eigenvalue weighted by atomic mass is 16.5. The fraction of sp³-hybridized carbons (Fsp3) is 0.417. The van der Waals surface area contributed by atoms with E-state index < -0.39 is 0 Å². The Morgan fingerprint density at radius 1 is 1.29 bits per heavy atom. The zero-order chi connectivity index (χ0) is 9.39. The largest absolute Gasteiger partial charge is 0.484 e. The van der Waals surface area contributed by atoms with Crippen molar-refractivity contribution >= 4 is 5.90 Å². The lowest BCUT2D eigenvalue weighted by Gasteiger charge is -2.17. The SMILES string of the molecule is COC1=NC2C=CC34C=CC=CC23C14. The van der Waals surface area contributed by atoms with Gasteiger partial charge in [-0.3, -0.25) is 0 Å². The van der Waals surface area contributed by atoms with E-state index in [-0.39, 0.29) is 10.8 Å². The summed E-state index contributed by atoms with van der Waals surface area (Å²) in [5.41, 5.74) is 0.451. The molecule has 0 bridgehead atoms. The van der Waals surface area contributed by atoms with E-state index in [9.17, 15) is 0 Å². The van der Waals surface area contributed by atoms with Gasteiger partial charge < -0.3 is 4.74 Å². The van der Waals surface area contributed by atoms with E-state index in [1.807, 2.05) is 0 Å². The predicted molar refractivity (Wildman–Crippen MR) is 54.0 cm³/mol. The molecule has 1 heterocycles. The van der Waals surface area contributed by atoms with E-state index in [0.717, 1.165) is 5.90 Å². The van der Waals surface area contributed by atoms with Crippen molar-refractivity contribution in [1.29, 1.82) is 0 Å². The summed E-state index contributed by atoms with van der Waals surface area (Å²) in [5.74, 6) is 1.42. The van der Waals surface area contributed by atoms with Gasteiger partial charge in [0.15, 0.2) is 5.90 Å². The van der Waals surface area contributed by atoms with Gasteiger partial charge in [0.1, 0.15) is 0 Å². The van der Waals surface area contributed by atoms with Gasteiger partial charge in [0.05, 0.1) is 19.1 Å². The van der Waals surface area contributed by atoms with Crippen molar-refractivity contribution in [3.05, 3.63) is 36.5 Å². The number of methoxy groups -OCH3 is 1. The van der Waals surface area contributed by atoms with E-state index in [2.05, 4.69) is 41.4 Å². The highest BCUT2D eigenvalue weighted by Gasteiger charge is 2.83. The molecule has 0 aromatic carbocycles. The first kappa shape index (κ1) is 7.04. The molecule has 2 nitrogen and oxygen atoms in total. The standard InChI is InChI=1S/C12H11NO/c1-14-10-9-11-5-2-3-6-12(9,11)8(13-10)4-7-11/h2-9H,1H3. The molecule has 1 aliphatic heterocycles. The van der Waals surface area contributed by atoms with Crippen LogP contribution in [0.2, 0.25) is 0 Å². The fourth-order valence-corrected chi connectivity index (χ4v) is 3.65. The maximum absolute atomic E-state index is 5.37. The van der Waals surface area contributed by atoms with Gasteiger partial charge >= 0.3 is 0 Å². The van der Waals surface area contributed by atoms with Crippen molar-refractivity contribution in [2.75, 3.05) is 7.11 Å². The van der Waals surface area contributed by atoms with Crippen molar-refractivity contribution in [1.82, 2.24) is 0 Å². The van der Waals surface area contributed by atoms with E-state index in [0.29, 0.717) is 12.0 Å². The van der Waals surface area contributed by atoms with Gasteiger partial charge in [-0.05, 0) is 0 Å². The highest BCUT2D eigenvalue weighted by molar-refractivity contribution is 5.92. The number of ether oxygens (including phenoxy) is 1. The summed E-state index contributed by atoms with van der Waals surface area (Å²) in [6.45, 7) is 0. The summed E-state index contributed by atoms with van der Waals surface area (Å²) < 4.78 is 5.37. The second-order valence-electron chi connectivity index (χ2n) is 4.49. The smallest absolute Gasteiger partial charge is 0.189 e. The number of nitrogens with zero attached hydrogens (tertiary/aromatic N) is 1. The monoisotopic (exact) mass is 185 g/mol. The average Bonchev–Trinajstić information content (AvgIpc) is 2.59. The minimum Gasteiger partial charge on any atom is -0.484 e. The lowest BCUT2D eigenvalue weighted by Crippen LogP contribution is -2.17. The van der Waals surface area contributed by atoms with Crippen molar-refractivity contribution in [3.63, 3.8) is 0 Å². The highest BCUT2D eigenvalue weighted by Crippen LogP contribution is 2.80. The molecule has 4 aliphatic rings. The molecular formula is C12H11NO. The zero-order valence-electron chi connectivity index (χ0n) is 7.97. The maximum atomic E-state index is 5.37. The summed E-state index contributed by atoms with van der Waals surface area (Å²) in [7, 11) is 1.73. The van der Waals surface area contributed by atoms with Crippen LogP contribution in [0.3, 0.4) is 0 Å². The van der Waals surface area contributed by atoms with Crippen LogP contribution in [0.4, 0.5) is 0 Å². The van der Waals surface area contributed by atoms with Gasteiger partial charge in [-0.15, -0.1) is 0 Å². The fourth-order valence-electron chi connectivity index (χ4n) is 3.65. The first-order chi connectivity index (χ1) is 6.85. The molecule has 4 rings (SSSR count). The summed E-state index contributed by atoms with van der Waals surface area (Å²) in [6, 6.07) is 0.323. The number of hydrogen-bond acceptors (Lipinski definition) is 2. The van der Waals surface area contributed by atoms with Crippen LogP contribution < -0.4 is 0 Å². The van der Waals surface area contributed by atoms with Crippen molar-refractivity contribution in [2.24, 2.45) is 21.7 Å². The number of allylic oxidation sites excluding steroid dienone is 4. The van der Waals surface area contributed by atoms with Gasteiger partial charge in [0.25, 0.3) is 0 Å². The van der Waals surface area contributed by atoms with Crippen LogP contribution >= 0.6 is 0 Å². The van der Waals surface area contributed by atoms with Crippen molar-refractivity contribution in [2.45, 2.75) is 6.04 Å². The number of aliphatic imine (C=N–C) groups is 1. The second kappa shape index (κ2) is 1.74. The van der Waals surface area contributed by atoms with Crippen LogP contribution in [-0.2, 0) is 4.74 Å². The van der Waals surface area contributed by atoms with Crippen molar-refractivity contribution < 1.29 is 4.74 Å². The van der Waals surface area contributed by atoms with Crippen LogP contribution in [0.1, 0.15) is 0 Å². The number of hydrogen-bond donors (Lipinski definition) is 0. The Morgan fingerprint density at radius 3 is 2.93 bits per heavy atom. The minimum absolute atomic E-state index is 0.222. The molecule has 4 unspecified atom stereocenters. The first-order valence-electron chi connectivity index (χ1n) is 5.03. The quantitative estimate of drug-likeness (QED) is 0.526. The van der Waals surface area contributed by atoms with Gasteiger partial charge in [0, 0.05) is 10.8 Å². The van der Waals surface area contributed by atoms with E-state index in [1.165, 1.54) is 0 Å². The molecule has 1 spiro atoms. The summed E-state index contributed by atoms with van der Waals surface area (Å²) in [4.78, 5) is 4.59. The Morgan fingerprint density at radius 2 is 2.14 bits per heavy atom. The zero-order valence-corrected chi connectivity index (χ0v) is 7.97. The number of rotatable bonds is 0. The van der Waals surface area contributed by atoms with Crippen LogP contribution in [-0.4, -0.2) is 19.0 Å². The van der Waals surface area contributed by atoms with Gasteiger partial charge in [-0.2, -0.15) is 0 Å². The Hall–Kier alpha value is -1.31. The molecular weight excluding hydrogens is 174 g/mol. The Kier molecular flexibility index (Phi) is 0.877. The summed E-state index contributed by atoms with van der Waals surface area (Å²) in [6.07, 6.45) is 13.5. The van der Waals surface area contributed by atoms with E-state index in [4.69, 9.17) is 4.74 Å². The van der Waals surface area contributed by atoms with Gasteiger partial charge in [0.2, 0.25) is 0 Å². The Labute approximate surface area is 82.7 Å². The molecule has 14 heavy (non-hydrogen) atoms. The normalized spacial score (nSPS) is 54.2. The molecule has 0 aromatic rings. The van der Waals surface area contributed by atoms with Crippen LogP contribution in [0.15, 0.2) is 41.4 Å². The molecule has 2 heteroatoms. The lowest BCUT2D eigenvalue weighted by molar-refractivity contribution is 0.383. The van der Waals surface area contributed by atoms with Crippen molar-refractivity contribution in [3.8, 4) is 0 Å². The third-order valence-corrected chi connectivity index (χ3v) is 4.24. The van der Waals surface area contributed by atoms with Crippen LogP contribution in [0, 0.1) is 16.7 Å². The molecule has 1 fully saturated rings. The molecule has 0 radical (unpaired) electrons. The minimum atomic E-state index is 0.222. The first-order valence-corrected chi connectivity index (χ1v) is 5.03. The molecule has 1 saturated carbocycles. The molecule has 0 aromatic heterocycles. The van der Waals surface area contributed by atoms with E-state index in [1.54, 1.807) is 7.11 Å². The Bertz CT molecular complexity index is 445. The molecule has 0 N–H and O–H groups in total. The average molecular weight is 185 g/mol. The van der Waals surface area contributed by atoms with Crippen LogP contribution in [0.5, 0.6) is 0 Å². The second-order valence-corrected chi connectivity index (χ2v) is 4.49. The predicted octanol–water partition coefficient (Wildman–Crippen LogP) is 1.71. The molecule has 3 aliphatic carbocycles. The molecule has 0 amide bonds. The topological polar surface area (TPSA) is 21.6 Å². The maximum Gasteiger partial charge on any atom is 0.189 e. The molecule has 70 valence electrons. The summed E-state index contributed by atoms with van der Waals surface area (Å²) in [5, 5.41) is 0. The molecule has 4 atom stereocenters. The van der Waals surface area contributed by atoms with Gasteiger partial charge in [-0.1, -0.05) is 36.5 Å². The summed E-state index contributed by atoms with van der Waals surface area (Å²) >= 11 is 0.